The summed E-state index contributed by atoms with van der Waals surface area (Å²) in [7, 11) is 0. The van der Waals surface area contributed by atoms with Gasteiger partial charge in [0, 0.05) is 55.3 Å². The van der Waals surface area contributed by atoms with E-state index in [1.54, 1.807) is 0 Å². The SMILES string of the molecule is Fc1ccc(-c2ccc(-c3c4[nH]c5ccccc5c4c(-c4ccccc4)c4[nH]c5ccccc5c34)cc2)c(F)c1. The van der Waals surface area contributed by atoms with Gasteiger partial charge in [-0.3, -0.25) is 0 Å². The summed E-state index contributed by atoms with van der Waals surface area (Å²) >= 11 is 0. The van der Waals surface area contributed by atoms with Crippen molar-refractivity contribution in [2.45, 2.75) is 0 Å². The van der Waals surface area contributed by atoms with Crippen LogP contribution in [0.2, 0.25) is 0 Å². The van der Waals surface area contributed by atoms with Gasteiger partial charge in [-0.25, -0.2) is 8.78 Å². The summed E-state index contributed by atoms with van der Waals surface area (Å²) in [5, 5.41) is 4.58. The number of aromatic nitrogens is 2. The highest BCUT2D eigenvalue weighted by atomic mass is 19.1. The molecule has 6 aromatic carbocycles. The normalized spacial score (nSPS) is 11.8. The molecule has 0 amide bonds. The van der Waals surface area contributed by atoms with Crippen LogP contribution in [0.1, 0.15) is 0 Å². The van der Waals surface area contributed by atoms with Crippen molar-refractivity contribution in [3.63, 3.8) is 0 Å². The van der Waals surface area contributed by atoms with Crippen molar-refractivity contribution in [3.8, 4) is 33.4 Å². The van der Waals surface area contributed by atoms with E-state index >= 15 is 0 Å². The molecule has 40 heavy (non-hydrogen) atoms. The zero-order valence-corrected chi connectivity index (χ0v) is 21.3. The van der Waals surface area contributed by atoms with E-state index in [2.05, 4.69) is 70.6 Å². The molecule has 2 aromatic heterocycles. The van der Waals surface area contributed by atoms with Crippen LogP contribution in [0.15, 0.2) is 121 Å². The van der Waals surface area contributed by atoms with Gasteiger partial charge < -0.3 is 9.97 Å². The minimum absolute atomic E-state index is 0.375. The predicted molar refractivity (Wildman–Crippen MR) is 161 cm³/mol. The molecule has 0 radical (unpaired) electrons. The van der Waals surface area contributed by atoms with Crippen LogP contribution in [0.25, 0.3) is 77.0 Å². The number of hydrogen-bond donors (Lipinski definition) is 2. The van der Waals surface area contributed by atoms with Gasteiger partial charge in [-0.15, -0.1) is 0 Å². The van der Waals surface area contributed by atoms with Gasteiger partial charge >= 0.3 is 0 Å². The van der Waals surface area contributed by atoms with Crippen molar-refractivity contribution < 1.29 is 8.78 Å². The number of benzene rings is 6. The monoisotopic (exact) mass is 520 g/mol. The molecule has 0 bridgehead atoms. The fourth-order valence-electron chi connectivity index (χ4n) is 6.15. The van der Waals surface area contributed by atoms with Gasteiger partial charge in [-0.05, 0) is 41.0 Å². The number of rotatable bonds is 3. The third-order valence-corrected chi connectivity index (χ3v) is 7.89. The maximum absolute atomic E-state index is 14.6. The summed E-state index contributed by atoms with van der Waals surface area (Å²) in [6, 6.07) is 38.9. The summed E-state index contributed by atoms with van der Waals surface area (Å²) in [5.41, 5.74) is 9.74. The van der Waals surface area contributed by atoms with E-state index in [1.807, 2.05) is 42.5 Å². The zero-order valence-electron chi connectivity index (χ0n) is 21.3. The lowest BCUT2D eigenvalue weighted by molar-refractivity contribution is 0.585. The second-order valence-corrected chi connectivity index (χ2v) is 10.2. The first-order chi connectivity index (χ1) is 19.7. The van der Waals surface area contributed by atoms with Gasteiger partial charge in [0.05, 0.1) is 11.0 Å². The molecule has 0 atom stereocenters. The summed E-state index contributed by atoms with van der Waals surface area (Å²) in [4.78, 5) is 7.50. The molecule has 2 nitrogen and oxygen atoms in total. The van der Waals surface area contributed by atoms with Crippen LogP contribution in [0, 0.1) is 11.6 Å². The Kier molecular flexibility index (Phi) is 4.92. The Balaban J connectivity index is 1.51. The number of para-hydroxylation sites is 2. The third-order valence-electron chi connectivity index (χ3n) is 7.89. The molecule has 0 aliphatic rings. The molecular weight excluding hydrogens is 498 g/mol. The molecule has 0 aliphatic carbocycles. The van der Waals surface area contributed by atoms with E-state index in [0.29, 0.717) is 11.1 Å². The molecule has 2 N–H and O–H groups in total. The quantitative estimate of drug-likeness (QED) is 0.232. The lowest BCUT2D eigenvalue weighted by Gasteiger charge is -2.14. The Morgan fingerprint density at radius 1 is 0.450 bits per heavy atom. The average molecular weight is 521 g/mol. The minimum Gasteiger partial charge on any atom is -0.354 e. The lowest BCUT2D eigenvalue weighted by atomic mass is 9.89. The van der Waals surface area contributed by atoms with Crippen LogP contribution < -0.4 is 0 Å². The van der Waals surface area contributed by atoms with Crippen molar-refractivity contribution in [3.05, 3.63) is 133 Å². The topological polar surface area (TPSA) is 31.6 Å². The Morgan fingerprint density at radius 2 is 0.950 bits per heavy atom. The fourth-order valence-corrected chi connectivity index (χ4v) is 6.15. The highest BCUT2D eigenvalue weighted by Crippen LogP contribution is 2.48. The number of nitrogens with one attached hydrogen (secondary N) is 2. The van der Waals surface area contributed by atoms with Gasteiger partial charge in [-0.2, -0.15) is 0 Å². The highest BCUT2D eigenvalue weighted by Gasteiger charge is 2.23. The van der Waals surface area contributed by atoms with Crippen molar-refractivity contribution in [2.24, 2.45) is 0 Å². The van der Waals surface area contributed by atoms with Crippen LogP contribution in [0.4, 0.5) is 8.78 Å². The van der Waals surface area contributed by atoms with E-state index < -0.39 is 11.6 Å². The number of hydrogen-bond acceptors (Lipinski definition) is 0. The van der Waals surface area contributed by atoms with Crippen molar-refractivity contribution in [1.29, 1.82) is 0 Å². The van der Waals surface area contributed by atoms with E-state index in [9.17, 15) is 8.78 Å². The van der Waals surface area contributed by atoms with E-state index in [1.165, 1.54) is 12.1 Å². The molecule has 0 spiro atoms. The molecule has 190 valence electrons. The van der Waals surface area contributed by atoms with Gasteiger partial charge in [0.2, 0.25) is 0 Å². The van der Waals surface area contributed by atoms with Crippen molar-refractivity contribution in [1.82, 2.24) is 9.97 Å². The Bertz CT molecular complexity index is 2220. The molecule has 8 rings (SSSR count). The van der Waals surface area contributed by atoms with Crippen LogP contribution in [-0.4, -0.2) is 9.97 Å². The highest BCUT2D eigenvalue weighted by molar-refractivity contribution is 6.31. The lowest BCUT2D eigenvalue weighted by Crippen LogP contribution is -1.90. The van der Waals surface area contributed by atoms with E-state index in [0.717, 1.165) is 71.9 Å². The molecular formula is C36H22F2N2. The van der Waals surface area contributed by atoms with Gasteiger partial charge in [0.15, 0.2) is 0 Å². The van der Waals surface area contributed by atoms with Crippen LogP contribution in [0.5, 0.6) is 0 Å². The summed E-state index contributed by atoms with van der Waals surface area (Å²) in [6.45, 7) is 0. The van der Waals surface area contributed by atoms with Gasteiger partial charge in [0.25, 0.3) is 0 Å². The molecule has 0 aliphatic heterocycles. The second-order valence-electron chi connectivity index (χ2n) is 10.2. The second kappa shape index (κ2) is 8.65. The maximum atomic E-state index is 14.6. The number of fused-ring (bicyclic) bond motifs is 6. The molecule has 0 unspecified atom stereocenters. The maximum Gasteiger partial charge on any atom is 0.133 e. The standard InChI is InChI=1S/C36H22F2N2/c37-24-18-19-25(28(38)20-24)21-14-16-23(17-15-21)32-34-27-11-5-7-13-30(27)39-35(34)31(22-8-2-1-3-9-22)33-26-10-4-6-12-29(26)40-36(32)33/h1-20,39-40H. The van der Waals surface area contributed by atoms with Crippen LogP contribution in [-0.2, 0) is 0 Å². The Hall–Kier alpha value is -5.22. The predicted octanol–water partition coefficient (Wildman–Crippen LogP) is 10.2. The number of H-pyrrole nitrogens is 2. The smallest absolute Gasteiger partial charge is 0.133 e. The molecule has 4 heteroatoms. The summed E-state index contributed by atoms with van der Waals surface area (Å²) in [5.74, 6) is -1.16. The molecule has 2 heterocycles. The fraction of sp³-hybridized carbons (Fsp3) is 0. The van der Waals surface area contributed by atoms with Gasteiger partial charge in [-0.1, -0.05) is 91.0 Å². The molecule has 0 saturated heterocycles. The molecule has 0 saturated carbocycles. The number of aromatic amines is 2. The summed E-state index contributed by atoms with van der Waals surface area (Å²) < 4.78 is 28.1. The molecule has 0 fully saturated rings. The first-order valence-corrected chi connectivity index (χ1v) is 13.3. The first-order valence-electron chi connectivity index (χ1n) is 13.3. The Morgan fingerprint density at radius 3 is 1.52 bits per heavy atom. The summed E-state index contributed by atoms with van der Waals surface area (Å²) in [6.07, 6.45) is 0. The van der Waals surface area contributed by atoms with E-state index in [-0.39, 0.29) is 0 Å². The first kappa shape index (κ1) is 22.7. The van der Waals surface area contributed by atoms with Gasteiger partial charge in [0.1, 0.15) is 11.6 Å². The zero-order chi connectivity index (χ0) is 26.8. The molecule has 8 aromatic rings. The van der Waals surface area contributed by atoms with Crippen LogP contribution >= 0.6 is 0 Å². The largest absolute Gasteiger partial charge is 0.354 e. The minimum atomic E-state index is -0.584. The van der Waals surface area contributed by atoms with E-state index in [4.69, 9.17) is 0 Å². The third kappa shape index (κ3) is 3.33. The Labute approximate surface area is 228 Å². The average Bonchev–Trinajstić information content (AvgIpc) is 3.56. The van der Waals surface area contributed by atoms with Crippen LogP contribution in [0.3, 0.4) is 0 Å². The number of halogens is 2. The van der Waals surface area contributed by atoms with Crippen molar-refractivity contribution >= 4 is 43.6 Å². The van der Waals surface area contributed by atoms with Crippen molar-refractivity contribution in [2.75, 3.05) is 0 Å².